The first-order valence-corrected chi connectivity index (χ1v) is 8.94. The molecule has 0 N–H and O–H groups in total. The average Bonchev–Trinajstić information content (AvgIpc) is 3.15. The van der Waals surface area contributed by atoms with Gasteiger partial charge < -0.3 is 14.2 Å². The Morgan fingerprint density at radius 1 is 1.04 bits per heavy atom. The van der Waals surface area contributed by atoms with Gasteiger partial charge in [0.25, 0.3) is 0 Å². The molecule has 3 rings (SSSR count). The SMILES string of the molecule is CC(=O)N(CC(=O)N1CCN(Cc2ccccc2)CC1)Cc1ccco1. The summed E-state index contributed by atoms with van der Waals surface area (Å²) >= 11 is 0. The zero-order chi connectivity index (χ0) is 18.4. The summed E-state index contributed by atoms with van der Waals surface area (Å²) in [4.78, 5) is 30.2. The highest BCUT2D eigenvalue weighted by molar-refractivity contribution is 5.83. The lowest BCUT2D eigenvalue weighted by Gasteiger charge is -2.35. The van der Waals surface area contributed by atoms with E-state index in [1.807, 2.05) is 29.2 Å². The molecule has 6 nitrogen and oxygen atoms in total. The van der Waals surface area contributed by atoms with Crippen LogP contribution in [-0.4, -0.2) is 59.2 Å². The Bertz CT molecular complexity index is 707. The van der Waals surface area contributed by atoms with Gasteiger partial charge in [0.2, 0.25) is 11.8 Å². The van der Waals surface area contributed by atoms with E-state index in [-0.39, 0.29) is 18.4 Å². The molecule has 0 aliphatic carbocycles. The summed E-state index contributed by atoms with van der Waals surface area (Å²) in [7, 11) is 0. The Morgan fingerprint density at radius 3 is 2.38 bits per heavy atom. The fourth-order valence-corrected chi connectivity index (χ4v) is 3.13. The third-order valence-electron chi connectivity index (χ3n) is 4.67. The van der Waals surface area contributed by atoms with Crippen LogP contribution >= 0.6 is 0 Å². The fourth-order valence-electron chi connectivity index (χ4n) is 3.13. The molecular weight excluding hydrogens is 330 g/mol. The first-order chi connectivity index (χ1) is 12.6. The molecule has 0 spiro atoms. The predicted octanol–water partition coefficient (Wildman–Crippen LogP) is 1.97. The first-order valence-electron chi connectivity index (χ1n) is 8.94. The van der Waals surface area contributed by atoms with Crippen LogP contribution in [0.3, 0.4) is 0 Å². The maximum Gasteiger partial charge on any atom is 0.242 e. The van der Waals surface area contributed by atoms with Gasteiger partial charge in [-0.1, -0.05) is 30.3 Å². The molecule has 0 atom stereocenters. The third kappa shape index (κ3) is 4.95. The molecule has 0 bridgehead atoms. The van der Waals surface area contributed by atoms with Crippen molar-refractivity contribution in [3.8, 4) is 0 Å². The van der Waals surface area contributed by atoms with E-state index in [0.29, 0.717) is 25.4 Å². The molecule has 138 valence electrons. The van der Waals surface area contributed by atoms with Crippen molar-refractivity contribution in [2.24, 2.45) is 0 Å². The molecule has 1 aliphatic rings. The van der Waals surface area contributed by atoms with Crippen LogP contribution in [0.4, 0.5) is 0 Å². The van der Waals surface area contributed by atoms with Crippen LogP contribution in [0.2, 0.25) is 0 Å². The van der Waals surface area contributed by atoms with E-state index in [1.54, 1.807) is 12.3 Å². The summed E-state index contributed by atoms with van der Waals surface area (Å²) in [6.07, 6.45) is 1.57. The van der Waals surface area contributed by atoms with Gasteiger partial charge in [0.1, 0.15) is 12.3 Å². The number of amides is 2. The van der Waals surface area contributed by atoms with Gasteiger partial charge in [-0.05, 0) is 17.7 Å². The Kier molecular flexibility index (Phi) is 6.07. The second-order valence-corrected chi connectivity index (χ2v) is 6.60. The van der Waals surface area contributed by atoms with Gasteiger partial charge in [-0.15, -0.1) is 0 Å². The fraction of sp³-hybridized carbons (Fsp3) is 0.400. The molecule has 1 aliphatic heterocycles. The zero-order valence-electron chi connectivity index (χ0n) is 15.1. The van der Waals surface area contributed by atoms with E-state index in [0.717, 1.165) is 19.6 Å². The van der Waals surface area contributed by atoms with Crippen molar-refractivity contribution >= 4 is 11.8 Å². The maximum atomic E-state index is 12.6. The number of carbonyl (C=O) groups excluding carboxylic acids is 2. The standard InChI is InChI=1S/C20H25N3O3/c1-17(24)23(15-19-8-5-13-26-19)16-20(25)22-11-9-21(10-12-22)14-18-6-3-2-4-7-18/h2-8,13H,9-12,14-16H2,1H3. The van der Waals surface area contributed by atoms with Crippen molar-refractivity contribution in [1.29, 1.82) is 0 Å². The Hall–Kier alpha value is -2.60. The zero-order valence-corrected chi connectivity index (χ0v) is 15.1. The average molecular weight is 355 g/mol. The lowest BCUT2D eigenvalue weighted by atomic mass is 10.2. The second-order valence-electron chi connectivity index (χ2n) is 6.60. The number of rotatable bonds is 6. The number of furan rings is 1. The molecule has 1 saturated heterocycles. The molecule has 2 aromatic rings. The Balaban J connectivity index is 1.48. The van der Waals surface area contributed by atoms with Crippen LogP contribution in [0.1, 0.15) is 18.2 Å². The number of piperazine rings is 1. The van der Waals surface area contributed by atoms with Crippen molar-refractivity contribution in [3.05, 3.63) is 60.1 Å². The van der Waals surface area contributed by atoms with Crippen molar-refractivity contribution < 1.29 is 14.0 Å². The van der Waals surface area contributed by atoms with Crippen LogP contribution in [0.15, 0.2) is 53.1 Å². The van der Waals surface area contributed by atoms with Gasteiger partial charge in [0, 0.05) is 39.6 Å². The van der Waals surface area contributed by atoms with Gasteiger partial charge in [-0.25, -0.2) is 0 Å². The highest BCUT2D eigenvalue weighted by Gasteiger charge is 2.24. The molecular formula is C20H25N3O3. The predicted molar refractivity (Wildman–Crippen MR) is 98.1 cm³/mol. The molecule has 1 fully saturated rings. The highest BCUT2D eigenvalue weighted by Crippen LogP contribution is 2.10. The second kappa shape index (κ2) is 8.67. The van der Waals surface area contributed by atoms with Crippen molar-refractivity contribution in [3.63, 3.8) is 0 Å². The summed E-state index contributed by atoms with van der Waals surface area (Å²) < 4.78 is 5.29. The molecule has 1 aromatic carbocycles. The topological polar surface area (TPSA) is 57.0 Å². The number of hydrogen-bond acceptors (Lipinski definition) is 4. The van der Waals surface area contributed by atoms with Crippen LogP contribution in [0.25, 0.3) is 0 Å². The molecule has 6 heteroatoms. The van der Waals surface area contributed by atoms with Crippen molar-refractivity contribution in [2.45, 2.75) is 20.0 Å². The lowest BCUT2D eigenvalue weighted by molar-refractivity contribution is -0.141. The number of nitrogens with zero attached hydrogens (tertiary/aromatic N) is 3. The number of benzene rings is 1. The van der Waals surface area contributed by atoms with Crippen LogP contribution < -0.4 is 0 Å². The lowest BCUT2D eigenvalue weighted by Crippen LogP contribution is -2.51. The van der Waals surface area contributed by atoms with E-state index >= 15 is 0 Å². The minimum absolute atomic E-state index is 0.00822. The summed E-state index contributed by atoms with van der Waals surface area (Å²) in [5.41, 5.74) is 1.29. The minimum Gasteiger partial charge on any atom is -0.467 e. The highest BCUT2D eigenvalue weighted by atomic mass is 16.3. The molecule has 2 amide bonds. The number of hydrogen-bond donors (Lipinski definition) is 0. The van der Waals surface area contributed by atoms with Gasteiger partial charge >= 0.3 is 0 Å². The summed E-state index contributed by atoms with van der Waals surface area (Å²) in [5, 5.41) is 0. The van der Waals surface area contributed by atoms with Crippen molar-refractivity contribution in [2.75, 3.05) is 32.7 Å². The quantitative estimate of drug-likeness (QED) is 0.795. The van der Waals surface area contributed by atoms with E-state index in [9.17, 15) is 9.59 Å². The van der Waals surface area contributed by atoms with Crippen LogP contribution in [-0.2, 0) is 22.7 Å². The molecule has 1 aromatic heterocycles. The van der Waals surface area contributed by atoms with E-state index in [1.165, 1.54) is 17.4 Å². The first kappa shape index (κ1) is 18.2. The summed E-state index contributed by atoms with van der Waals surface area (Å²) in [5.74, 6) is 0.546. The van der Waals surface area contributed by atoms with E-state index in [2.05, 4.69) is 17.0 Å². The molecule has 0 unspecified atom stereocenters. The Morgan fingerprint density at radius 2 is 1.77 bits per heavy atom. The number of carbonyl (C=O) groups is 2. The monoisotopic (exact) mass is 355 g/mol. The van der Waals surface area contributed by atoms with Crippen LogP contribution in [0.5, 0.6) is 0 Å². The summed E-state index contributed by atoms with van der Waals surface area (Å²) in [6, 6.07) is 13.9. The third-order valence-corrected chi connectivity index (χ3v) is 4.67. The van der Waals surface area contributed by atoms with E-state index in [4.69, 9.17) is 4.42 Å². The van der Waals surface area contributed by atoms with E-state index < -0.39 is 0 Å². The Labute approximate surface area is 154 Å². The van der Waals surface area contributed by atoms with Crippen LogP contribution in [0, 0.1) is 0 Å². The minimum atomic E-state index is -0.127. The normalized spacial score (nSPS) is 15.0. The van der Waals surface area contributed by atoms with Crippen molar-refractivity contribution in [1.82, 2.24) is 14.7 Å². The van der Waals surface area contributed by atoms with Gasteiger partial charge in [-0.3, -0.25) is 14.5 Å². The van der Waals surface area contributed by atoms with Gasteiger partial charge in [-0.2, -0.15) is 0 Å². The maximum absolute atomic E-state index is 12.6. The largest absolute Gasteiger partial charge is 0.467 e. The smallest absolute Gasteiger partial charge is 0.242 e. The molecule has 0 saturated carbocycles. The summed E-state index contributed by atoms with van der Waals surface area (Å²) in [6.45, 7) is 5.87. The van der Waals surface area contributed by atoms with Gasteiger partial charge in [0.15, 0.2) is 0 Å². The van der Waals surface area contributed by atoms with Gasteiger partial charge in [0.05, 0.1) is 12.8 Å². The molecule has 26 heavy (non-hydrogen) atoms. The molecule has 0 radical (unpaired) electrons. The molecule has 2 heterocycles.